The SMILES string of the molecule is O=C(COC(=O)OCC(Cl)(Cl)Cl)O[C@H]1[C@@H](NC(=O)OCc2ccccc2)C(=O)N1C(C(=O)O)=P(c1ccccc1)(c1ccccc1)c1ccccc1. The minimum absolute atomic E-state index is 0.150. The van der Waals surface area contributed by atoms with Crippen LogP contribution in [0.5, 0.6) is 0 Å². The molecule has 1 aliphatic heterocycles. The maximum Gasteiger partial charge on any atom is 0.508 e. The summed E-state index contributed by atoms with van der Waals surface area (Å²) in [7, 11) is 0. The van der Waals surface area contributed by atoms with Crippen molar-refractivity contribution in [3.05, 3.63) is 127 Å². The van der Waals surface area contributed by atoms with Crippen molar-refractivity contribution < 1.29 is 48.0 Å². The maximum absolute atomic E-state index is 14.2. The summed E-state index contributed by atoms with van der Waals surface area (Å²) in [5.41, 5.74) is 0.253. The molecule has 16 heteroatoms. The highest BCUT2D eigenvalue weighted by Crippen LogP contribution is 2.48. The van der Waals surface area contributed by atoms with Crippen LogP contribution >= 0.6 is 41.7 Å². The minimum Gasteiger partial charge on any atom is -0.477 e. The predicted molar refractivity (Wildman–Crippen MR) is 196 cm³/mol. The van der Waals surface area contributed by atoms with Gasteiger partial charge in [-0.25, -0.2) is 19.2 Å². The van der Waals surface area contributed by atoms with Crippen LogP contribution in [0.25, 0.3) is 0 Å². The number of halogens is 3. The van der Waals surface area contributed by atoms with Crippen LogP contribution in [0.1, 0.15) is 5.56 Å². The molecule has 5 rings (SSSR count). The molecule has 4 aromatic rings. The predicted octanol–water partition coefficient (Wildman–Crippen LogP) is 4.72. The Balaban J connectivity index is 1.59. The number of hydrogen-bond acceptors (Lipinski definition) is 9. The number of nitrogens with one attached hydrogen (secondary N) is 1. The summed E-state index contributed by atoms with van der Waals surface area (Å²) in [5.74, 6) is -3.61. The summed E-state index contributed by atoms with van der Waals surface area (Å²) in [6, 6.07) is 33.5. The molecule has 1 aliphatic rings. The molecule has 0 unspecified atom stereocenters. The molecule has 0 aliphatic carbocycles. The van der Waals surface area contributed by atoms with E-state index in [1.807, 2.05) is 0 Å². The Kier molecular flexibility index (Phi) is 12.5. The standard InChI is InChI=1S/C36H30Cl3N2O10P/c37-36(38,39)23-50-35(47)49-22-28(42)51-31-29(40-34(46)48-21-24-13-5-1-6-14-24)30(43)41(31)32(33(44)45)52(25-15-7-2-8-16-25,26-17-9-3-10-18-26)27-19-11-4-12-20-27/h1-20,29,31H,21-23H2,(H,40,46)(H,44,45)/t29-,31-/m0/s1. The van der Waals surface area contributed by atoms with Gasteiger partial charge < -0.3 is 29.4 Å². The van der Waals surface area contributed by atoms with E-state index >= 15 is 0 Å². The molecule has 270 valence electrons. The van der Waals surface area contributed by atoms with Gasteiger partial charge in [-0.05, 0) is 21.5 Å². The number of ether oxygens (including phenoxy) is 4. The Labute approximate surface area is 313 Å². The van der Waals surface area contributed by atoms with Gasteiger partial charge in [0.05, 0.1) is 0 Å². The van der Waals surface area contributed by atoms with Crippen LogP contribution < -0.4 is 21.2 Å². The molecule has 0 aromatic heterocycles. The molecule has 12 nitrogen and oxygen atoms in total. The first kappa shape index (κ1) is 38.2. The van der Waals surface area contributed by atoms with E-state index in [1.165, 1.54) is 0 Å². The van der Waals surface area contributed by atoms with Crippen LogP contribution in [0.4, 0.5) is 9.59 Å². The largest absolute Gasteiger partial charge is 0.508 e. The number of carboxylic acid groups (broad SMARTS) is 1. The third-order valence-electron chi connectivity index (χ3n) is 7.61. The van der Waals surface area contributed by atoms with Gasteiger partial charge in [0.25, 0.3) is 5.91 Å². The Morgan fingerprint density at radius 2 is 1.21 bits per heavy atom. The van der Waals surface area contributed by atoms with E-state index in [1.54, 1.807) is 121 Å². The van der Waals surface area contributed by atoms with Crippen LogP contribution in [-0.2, 0) is 39.9 Å². The Bertz CT molecular complexity index is 1860. The first-order valence-electron chi connectivity index (χ1n) is 15.4. The molecule has 2 amide bonds. The van der Waals surface area contributed by atoms with E-state index in [4.69, 9.17) is 49.0 Å². The first-order chi connectivity index (χ1) is 24.9. The third kappa shape index (κ3) is 8.89. The third-order valence-corrected chi connectivity index (χ3v) is 12.2. The fourth-order valence-corrected chi connectivity index (χ4v) is 9.95. The number of benzene rings is 4. The second kappa shape index (κ2) is 17.0. The highest BCUT2D eigenvalue weighted by atomic mass is 35.6. The lowest BCUT2D eigenvalue weighted by molar-refractivity contribution is -0.183. The molecule has 0 spiro atoms. The van der Waals surface area contributed by atoms with Crippen molar-refractivity contribution in [3.63, 3.8) is 0 Å². The van der Waals surface area contributed by atoms with Gasteiger partial charge in [0.15, 0.2) is 12.6 Å². The second-order valence-corrected chi connectivity index (χ2v) is 16.9. The number of carbonyl (C=O) groups excluding carboxylic acids is 4. The van der Waals surface area contributed by atoms with Crippen molar-refractivity contribution in [2.75, 3.05) is 13.2 Å². The van der Waals surface area contributed by atoms with Gasteiger partial charge in [0.2, 0.25) is 10.0 Å². The highest BCUT2D eigenvalue weighted by Gasteiger charge is 2.56. The zero-order valence-corrected chi connectivity index (χ0v) is 30.1. The number of hydrogen-bond donors (Lipinski definition) is 2. The smallest absolute Gasteiger partial charge is 0.477 e. The summed E-state index contributed by atoms with van der Waals surface area (Å²) in [6.07, 6.45) is -4.14. The molecule has 1 saturated heterocycles. The van der Waals surface area contributed by atoms with Crippen molar-refractivity contribution in [2.45, 2.75) is 22.7 Å². The van der Waals surface area contributed by atoms with Gasteiger partial charge in [0, 0.05) is 6.89 Å². The van der Waals surface area contributed by atoms with Crippen molar-refractivity contribution >= 4 is 93.1 Å². The lowest BCUT2D eigenvalue weighted by Gasteiger charge is -2.47. The first-order valence-corrected chi connectivity index (χ1v) is 18.4. The lowest BCUT2D eigenvalue weighted by Crippen LogP contribution is -2.74. The summed E-state index contributed by atoms with van der Waals surface area (Å²) >= 11 is 16.7. The van der Waals surface area contributed by atoms with Gasteiger partial charge in [-0.2, -0.15) is 0 Å². The monoisotopic (exact) mass is 786 g/mol. The molecule has 4 aromatic carbocycles. The van der Waals surface area contributed by atoms with E-state index < -0.39 is 71.7 Å². The average Bonchev–Trinajstić information content (AvgIpc) is 3.15. The fraction of sp³-hybridized carbons (Fsp3) is 0.167. The van der Waals surface area contributed by atoms with Crippen LogP contribution in [0.3, 0.4) is 0 Å². The molecule has 0 bridgehead atoms. The summed E-state index contributed by atoms with van der Waals surface area (Å²) in [6.45, 7) is -5.36. The molecular formula is C36H30Cl3N2O10P. The molecule has 0 saturated carbocycles. The molecular weight excluding hydrogens is 758 g/mol. The maximum atomic E-state index is 14.2. The van der Waals surface area contributed by atoms with E-state index in [-0.39, 0.29) is 6.61 Å². The summed E-state index contributed by atoms with van der Waals surface area (Å²) in [5, 5.41) is 15.2. The molecule has 1 fully saturated rings. The number of aliphatic carboxylic acids is 1. The summed E-state index contributed by atoms with van der Waals surface area (Å²) < 4.78 is 18.4. The van der Waals surface area contributed by atoms with Crippen molar-refractivity contribution in [3.8, 4) is 0 Å². The van der Waals surface area contributed by atoms with E-state index in [2.05, 4.69) is 10.1 Å². The number of alkyl carbamates (subject to hydrolysis) is 1. The van der Waals surface area contributed by atoms with Crippen molar-refractivity contribution in [1.29, 1.82) is 0 Å². The van der Waals surface area contributed by atoms with Crippen molar-refractivity contribution in [1.82, 2.24) is 10.2 Å². The van der Waals surface area contributed by atoms with Gasteiger partial charge in [-0.15, -0.1) is 0 Å². The Hall–Kier alpha value is -5.00. The van der Waals surface area contributed by atoms with Gasteiger partial charge >= 0.3 is 24.2 Å². The number of carboxylic acids is 1. The van der Waals surface area contributed by atoms with E-state index in [9.17, 15) is 29.1 Å². The topological polar surface area (TPSA) is 158 Å². The Morgan fingerprint density at radius 1 is 0.731 bits per heavy atom. The number of β-lactam (4-membered cyclic amide) rings is 1. The van der Waals surface area contributed by atoms with Gasteiger partial charge in [-0.3, -0.25) is 9.69 Å². The lowest BCUT2D eigenvalue weighted by atomic mass is 10.0. The molecule has 2 N–H and O–H groups in total. The van der Waals surface area contributed by atoms with E-state index in [0.717, 1.165) is 4.90 Å². The minimum atomic E-state index is -3.48. The number of nitrogens with zero attached hydrogens (tertiary/aromatic N) is 1. The number of likely N-dealkylation sites (tertiary alicyclic amines) is 1. The Morgan fingerprint density at radius 3 is 1.67 bits per heavy atom. The normalized spacial score (nSPS) is 15.4. The number of amides is 2. The molecule has 52 heavy (non-hydrogen) atoms. The fourth-order valence-electron chi connectivity index (χ4n) is 5.48. The summed E-state index contributed by atoms with van der Waals surface area (Å²) in [4.78, 5) is 66.8. The van der Waals surface area contributed by atoms with Crippen LogP contribution in [-0.4, -0.2) is 74.8 Å². The second-order valence-electron chi connectivity index (χ2n) is 11.0. The van der Waals surface area contributed by atoms with Crippen LogP contribution in [0.15, 0.2) is 121 Å². The number of rotatable bonds is 12. The van der Waals surface area contributed by atoms with Gasteiger partial charge in [0.1, 0.15) is 18.6 Å². The molecule has 1 heterocycles. The van der Waals surface area contributed by atoms with Gasteiger partial charge in [-0.1, -0.05) is 156 Å². The number of esters is 1. The van der Waals surface area contributed by atoms with Crippen LogP contribution in [0, 0.1) is 0 Å². The average molecular weight is 788 g/mol. The molecule has 2 atom stereocenters. The quantitative estimate of drug-likeness (QED) is 0.0677. The molecule has 0 radical (unpaired) electrons. The number of carbonyl (C=O) groups is 5. The van der Waals surface area contributed by atoms with Crippen LogP contribution in [0.2, 0.25) is 0 Å². The number of alkyl halides is 3. The zero-order valence-electron chi connectivity index (χ0n) is 27.0. The van der Waals surface area contributed by atoms with E-state index in [0.29, 0.717) is 21.5 Å². The van der Waals surface area contributed by atoms with Crippen molar-refractivity contribution in [2.24, 2.45) is 0 Å². The highest BCUT2D eigenvalue weighted by molar-refractivity contribution is 7.96. The zero-order chi connectivity index (χ0) is 37.3.